The predicted molar refractivity (Wildman–Crippen MR) is 53.0 cm³/mol. The maximum absolute atomic E-state index is 5.91. The number of nitrogens with zero attached hydrogens (tertiary/aromatic N) is 1. The Bertz CT molecular complexity index is 273. The van der Waals surface area contributed by atoms with Crippen molar-refractivity contribution in [2.24, 2.45) is 0 Å². The SMILES string of the molecule is CCC(C)c1ccc(Cl)nc1Cl. The lowest BCUT2D eigenvalue weighted by atomic mass is 10.0. The average molecular weight is 204 g/mol. The van der Waals surface area contributed by atoms with Crippen LogP contribution < -0.4 is 0 Å². The second kappa shape index (κ2) is 4.11. The summed E-state index contributed by atoms with van der Waals surface area (Å²) in [6.07, 6.45) is 1.06. The first-order valence-electron chi connectivity index (χ1n) is 3.97. The fraction of sp³-hybridized carbons (Fsp3) is 0.444. The van der Waals surface area contributed by atoms with Gasteiger partial charge in [-0.05, 0) is 24.0 Å². The van der Waals surface area contributed by atoms with Crippen LogP contribution in [0.4, 0.5) is 0 Å². The molecular weight excluding hydrogens is 193 g/mol. The molecule has 0 aromatic carbocycles. The van der Waals surface area contributed by atoms with E-state index in [0.29, 0.717) is 16.2 Å². The lowest BCUT2D eigenvalue weighted by molar-refractivity contribution is 0.730. The Labute approximate surface area is 82.7 Å². The van der Waals surface area contributed by atoms with E-state index in [-0.39, 0.29) is 0 Å². The molecule has 0 fully saturated rings. The fourth-order valence-corrected chi connectivity index (χ4v) is 1.54. The zero-order valence-corrected chi connectivity index (χ0v) is 8.65. The van der Waals surface area contributed by atoms with Crippen molar-refractivity contribution >= 4 is 23.2 Å². The summed E-state index contributed by atoms with van der Waals surface area (Å²) in [5, 5.41) is 0.976. The third kappa shape index (κ3) is 2.11. The second-order valence-electron chi connectivity index (χ2n) is 2.82. The minimum atomic E-state index is 0.447. The van der Waals surface area contributed by atoms with E-state index >= 15 is 0 Å². The van der Waals surface area contributed by atoms with Crippen LogP contribution in [0, 0.1) is 0 Å². The normalized spacial score (nSPS) is 13.0. The molecule has 1 aromatic heterocycles. The van der Waals surface area contributed by atoms with Crippen LogP contribution in [-0.2, 0) is 0 Å². The fourth-order valence-electron chi connectivity index (χ4n) is 1.01. The van der Waals surface area contributed by atoms with Crippen LogP contribution in [0.25, 0.3) is 0 Å². The van der Waals surface area contributed by atoms with E-state index in [1.807, 2.05) is 6.07 Å². The van der Waals surface area contributed by atoms with E-state index in [0.717, 1.165) is 12.0 Å². The van der Waals surface area contributed by atoms with Crippen molar-refractivity contribution in [2.75, 3.05) is 0 Å². The molecule has 1 heterocycles. The van der Waals surface area contributed by atoms with E-state index in [4.69, 9.17) is 23.2 Å². The number of pyridine rings is 1. The zero-order chi connectivity index (χ0) is 9.14. The predicted octanol–water partition coefficient (Wildman–Crippen LogP) is 3.90. The maximum Gasteiger partial charge on any atom is 0.134 e. The van der Waals surface area contributed by atoms with Crippen molar-refractivity contribution < 1.29 is 0 Å². The third-order valence-electron chi connectivity index (χ3n) is 1.99. The van der Waals surface area contributed by atoms with Gasteiger partial charge in [0.1, 0.15) is 10.3 Å². The van der Waals surface area contributed by atoms with Gasteiger partial charge in [-0.1, -0.05) is 43.1 Å². The molecule has 0 aliphatic heterocycles. The Morgan fingerprint density at radius 1 is 1.42 bits per heavy atom. The van der Waals surface area contributed by atoms with E-state index in [1.165, 1.54) is 0 Å². The van der Waals surface area contributed by atoms with Crippen molar-refractivity contribution in [3.8, 4) is 0 Å². The molecule has 0 saturated heterocycles. The number of aromatic nitrogens is 1. The molecule has 3 heteroatoms. The Morgan fingerprint density at radius 2 is 2.08 bits per heavy atom. The quantitative estimate of drug-likeness (QED) is 0.665. The Morgan fingerprint density at radius 3 is 2.58 bits per heavy atom. The van der Waals surface area contributed by atoms with Crippen LogP contribution in [0.2, 0.25) is 10.3 Å². The number of rotatable bonds is 2. The van der Waals surface area contributed by atoms with Crippen molar-refractivity contribution in [1.29, 1.82) is 0 Å². The van der Waals surface area contributed by atoms with Gasteiger partial charge < -0.3 is 0 Å². The standard InChI is InChI=1S/C9H11Cl2N/c1-3-6(2)7-4-5-8(10)12-9(7)11/h4-6H,3H2,1-2H3. The first kappa shape index (κ1) is 9.82. The summed E-state index contributed by atoms with van der Waals surface area (Å²) in [7, 11) is 0. The largest absolute Gasteiger partial charge is 0.224 e. The van der Waals surface area contributed by atoms with Gasteiger partial charge >= 0.3 is 0 Å². The molecule has 66 valence electrons. The van der Waals surface area contributed by atoms with Gasteiger partial charge in [0.25, 0.3) is 0 Å². The minimum Gasteiger partial charge on any atom is -0.224 e. The van der Waals surface area contributed by atoms with Gasteiger partial charge in [0.2, 0.25) is 0 Å². The van der Waals surface area contributed by atoms with Gasteiger partial charge in [0.05, 0.1) is 0 Å². The van der Waals surface area contributed by atoms with Crippen molar-refractivity contribution in [3.05, 3.63) is 28.0 Å². The summed E-state index contributed by atoms with van der Waals surface area (Å²) in [6.45, 7) is 4.24. The van der Waals surface area contributed by atoms with Gasteiger partial charge in [-0.2, -0.15) is 0 Å². The summed E-state index contributed by atoms with van der Waals surface area (Å²) < 4.78 is 0. The number of halogens is 2. The lowest BCUT2D eigenvalue weighted by Crippen LogP contribution is -1.94. The third-order valence-corrected chi connectivity index (χ3v) is 2.50. The van der Waals surface area contributed by atoms with Gasteiger partial charge in [-0.15, -0.1) is 0 Å². The zero-order valence-electron chi connectivity index (χ0n) is 7.14. The van der Waals surface area contributed by atoms with Crippen LogP contribution in [0.1, 0.15) is 31.7 Å². The highest BCUT2D eigenvalue weighted by Crippen LogP contribution is 2.26. The highest BCUT2D eigenvalue weighted by atomic mass is 35.5. The van der Waals surface area contributed by atoms with Crippen LogP contribution >= 0.6 is 23.2 Å². The second-order valence-corrected chi connectivity index (χ2v) is 3.57. The molecule has 0 saturated carbocycles. The van der Waals surface area contributed by atoms with Crippen LogP contribution in [0.15, 0.2) is 12.1 Å². The topological polar surface area (TPSA) is 12.9 Å². The van der Waals surface area contributed by atoms with E-state index < -0.39 is 0 Å². The Hall–Kier alpha value is -0.270. The highest BCUT2D eigenvalue weighted by Gasteiger charge is 2.08. The number of hydrogen-bond donors (Lipinski definition) is 0. The molecular formula is C9H11Cl2N. The maximum atomic E-state index is 5.91. The summed E-state index contributed by atoms with van der Waals surface area (Å²) in [6, 6.07) is 3.71. The smallest absolute Gasteiger partial charge is 0.134 e. The number of hydrogen-bond acceptors (Lipinski definition) is 1. The molecule has 1 aromatic rings. The Kier molecular flexibility index (Phi) is 3.36. The van der Waals surface area contributed by atoms with E-state index in [1.54, 1.807) is 6.07 Å². The molecule has 0 amide bonds. The van der Waals surface area contributed by atoms with Crippen LogP contribution in [0.3, 0.4) is 0 Å². The van der Waals surface area contributed by atoms with Crippen molar-refractivity contribution in [3.63, 3.8) is 0 Å². The van der Waals surface area contributed by atoms with Crippen molar-refractivity contribution in [2.45, 2.75) is 26.2 Å². The van der Waals surface area contributed by atoms with E-state index in [2.05, 4.69) is 18.8 Å². The van der Waals surface area contributed by atoms with Crippen LogP contribution in [-0.4, -0.2) is 4.98 Å². The lowest BCUT2D eigenvalue weighted by Gasteiger charge is -2.09. The van der Waals surface area contributed by atoms with Gasteiger partial charge in [0.15, 0.2) is 0 Å². The molecule has 0 aliphatic carbocycles. The summed E-state index contributed by atoms with van der Waals surface area (Å²) in [5.41, 5.74) is 1.07. The van der Waals surface area contributed by atoms with Gasteiger partial charge in [-0.3, -0.25) is 0 Å². The molecule has 1 nitrogen and oxygen atoms in total. The Balaban J connectivity index is 3.01. The van der Waals surface area contributed by atoms with Crippen LogP contribution in [0.5, 0.6) is 0 Å². The minimum absolute atomic E-state index is 0.447. The first-order chi connectivity index (χ1) is 5.65. The molecule has 1 rings (SSSR count). The highest BCUT2D eigenvalue weighted by molar-refractivity contribution is 6.32. The van der Waals surface area contributed by atoms with E-state index in [9.17, 15) is 0 Å². The van der Waals surface area contributed by atoms with Gasteiger partial charge in [0, 0.05) is 0 Å². The molecule has 0 aliphatic rings. The molecule has 1 atom stereocenters. The molecule has 12 heavy (non-hydrogen) atoms. The molecule has 1 unspecified atom stereocenters. The average Bonchev–Trinajstić information content (AvgIpc) is 2.03. The summed E-state index contributed by atoms with van der Waals surface area (Å²) in [5.74, 6) is 0.447. The summed E-state index contributed by atoms with van der Waals surface area (Å²) in [4.78, 5) is 3.97. The summed E-state index contributed by atoms with van der Waals surface area (Å²) >= 11 is 11.6. The van der Waals surface area contributed by atoms with Crippen molar-refractivity contribution in [1.82, 2.24) is 4.98 Å². The molecule has 0 radical (unpaired) electrons. The van der Waals surface area contributed by atoms with Gasteiger partial charge in [-0.25, -0.2) is 4.98 Å². The molecule has 0 N–H and O–H groups in total. The molecule has 0 spiro atoms. The first-order valence-corrected chi connectivity index (χ1v) is 4.72. The monoisotopic (exact) mass is 203 g/mol. The molecule has 0 bridgehead atoms.